The molecule has 0 aliphatic carbocycles. The van der Waals surface area contributed by atoms with E-state index in [1.807, 2.05) is 25.8 Å². The Morgan fingerprint density at radius 1 is 1.45 bits per heavy atom. The summed E-state index contributed by atoms with van der Waals surface area (Å²) in [4.78, 5) is 10.9. The molecule has 1 aliphatic rings. The van der Waals surface area contributed by atoms with Crippen LogP contribution in [0.1, 0.15) is 33.1 Å². The molecule has 0 aromatic carbocycles. The lowest BCUT2D eigenvalue weighted by Crippen LogP contribution is -2.40. The first-order valence-electron chi connectivity index (χ1n) is 8.10. The van der Waals surface area contributed by atoms with Gasteiger partial charge in [0.05, 0.1) is 6.33 Å². The molecule has 1 N–H and O–H groups in total. The number of nitrogens with one attached hydrogen (secondary N) is 1. The molecule has 126 valence electrons. The van der Waals surface area contributed by atoms with Gasteiger partial charge in [0.2, 0.25) is 0 Å². The summed E-state index contributed by atoms with van der Waals surface area (Å²) >= 11 is 0. The van der Waals surface area contributed by atoms with Gasteiger partial charge in [0, 0.05) is 45.6 Å². The number of guanidine groups is 1. The molecule has 1 fully saturated rings. The molecule has 1 aromatic rings. The highest BCUT2D eigenvalue weighted by Crippen LogP contribution is 2.23. The Labute approximate surface area is 151 Å². The van der Waals surface area contributed by atoms with E-state index >= 15 is 0 Å². The maximum atomic E-state index is 4.43. The fourth-order valence-electron chi connectivity index (χ4n) is 3.10. The zero-order valence-electron chi connectivity index (χ0n) is 14.0. The van der Waals surface area contributed by atoms with Crippen molar-refractivity contribution < 1.29 is 0 Å². The van der Waals surface area contributed by atoms with Crippen molar-refractivity contribution in [3.05, 3.63) is 18.7 Å². The molecule has 1 saturated heterocycles. The van der Waals surface area contributed by atoms with Crippen molar-refractivity contribution in [2.75, 3.05) is 26.7 Å². The van der Waals surface area contributed by atoms with E-state index in [2.05, 4.69) is 38.6 Å². The topological polar surface area (TPSA) is 45.5 Å². The molecule has 1 aromatic heterocycles. The number of rotatable bonds is 6. The van der Waals surface area contributed by atoms with Gasteiger partial charge in [0.1, 0.15) is 0 Å². The number of nitrogens with zero attached hydrogens (tertiary/aromatic N) is 4. The molecule has 2 rings (SSSR count). The van der Waals surface area contributed by atoms with Crippen LogP contribution in [0.2, 0.25) is 0 Å². The minimum atomic E-state index is 0. The minimum Gasteiger partial charge on any atom is -0.356 e. The molecule has 0 radical (unpaired) electrons. The van der Waals surface area contributed by atoms with E-state index in [0.717, 1.165) is 50.4 Å². The van der Waals surface area contributed by atoms with Gasteiger partial charge >= 0.3 is 0 Å². The molecule has 1 unspecified atom stereocenters. The van der Waals surface area contributed by atoms with Gasteiger partial charge < -0.3 is 14.8 Å². The van der Waals surface area contributed by atoms with Gasteiger partial charge in [-0.1, -0.05) is 13.8 Å². The second-order valence-electron chi connectivity index (χ2n) is 6.36. The van der Waals surface area contributed by atoms with Crippen molar-refractivity contribution in [1.29, 1.82) is 0 Å². The average molecular weight is 419 g/mol. The third kappa shape index (κ3) is 6.14. The molecule has 6 heteroatoms. The maximum Gasteiger partial charge on any atom is 0.193 e. The van der Waals surface area contributed by atoms with Crippen molar-refractivity contribution in [2.24, 2.45) is 16.8 Å². The number of hydrogen-bond donors (Lipinski definition) is 1. The third-order valence-corrected chi connectivity index (χ3v) is 4.04. The highest BCUT2D eigenvalue weighted by molar-refractivity contribution is 14.0. The van der Waals surface area contributed by atoms with Crippen molar-refractivity contribution in [1.82, 2.24) is 19.8 Å². The van der Waals surface area contributed by atoms with Gasteiger partial charge in [0.25, 0.3) is 0 Å². The van der Waals surface area contributed by atoms with Gasteiger partial charge in [-0.05, 0) is 31.1 Å². The van der Waals surface area contributed by atoms with Crippen LogP contribution in [0.3, 0.4) is 0 Å². The van der Waals surface area contributed by atoms with E-state index in [1.54, 1.807) is 0 Å². The highest BCUT2D eigenvalue weighted by atomic mass is 127. The van der Waals surface area contributed by atoms with Gasteiger partial charge in [-0.3, -0.25) is 4.99 Å². The number of halogens is 1. The van der Waals surface area contributed by atoms with Crippen molar-refractivity contribution in [3.63, 3.8) is 0 Å². The molecule has 0 bridgehead atoms. The van der Waals surface area contributed by atoms with Crippen LogP contribution >= 0.6 is 24.0 Å². The lowest BCUT2D eigenvalue weighted by Gasteiger charge is -2.22. The molecular weight excluding hydrogens is 389 g/mol. The van der Waals surface area contributed by atoms with Gasteiger partial charge in [-0.2, -0.15) is 0 Å². The van der Waals surface area contributed by atoms with Gasteiger partial charge in [-0.15, -0.1) is 24.0 Å². The quantitative estimate of drug-likeness (QED) is 0.334. The van der Waals surface area contributed by atoms with Crippen molar-refractivity contribution in [2.45, 2.75) is 39.7 Å². The van der Waals surface area contributed by atoms with E-state index in [4.69, 9.17) is 0 Å². The zero-order chi connectivity index (χ0) is 15.1. The van der Waals surface area contributed by atoms with Gasteiger partial charge in [-0.25, -0.2) is 4.98 Å². The maximum absolute atomic E-state index is 4.43. The molecule has 0 amide bonds. The Morgan fingerprint density at radius 3 is 2.91 bits per heavy atom. The summed E-state index contributed by atoms with van der Waals surface area (Å²) in [6.45, 7) is 8.87. The molecule has 1 atom stereocenters. The zero-order valence-corrected chi connectivity index (χ0v) is 16.4. The minimum absolute atomic E-state index is 0. The van der Waals surface area contributed by atoms with Crippen LogP contribution in [0.4, 0.5) is 0 Å². The van der Waals surface area contributed by atoms with Crippen LogP contribution in [0.25, 0.3) is 0 Å². The number of hydrogen-bond acceptors (Lipinski definition) is 2. The summed E-state index contributed by atoms with van der Waals surface area (Å²) in [5.74, 6) is 2.68. The molecule has 2 heterocycles. The van der Waals surface area contributed by atoms with Gasteiger partial charge in [0.15, 0.2) is 5.96 Å². The standard InChI is InChI=1S/C16H29N5.HI/c1-14(2)11-15-5-9-21(12-15)16(17-3)19-6-4-8-20-10-7-18-13-20;/h7,10,13-15H,4-6,8-9,11-12H2,1-3H3,(H,17,19);1H. The fraction of sp³-hybridized carbons (Fsp3) is 0.750. The smallest absolute Gasteiger partial charge is 0.193 e. The van der Waals surface area contributed by atoms with E-state index in [0.29, 0.717) is 0 Å². The Balaban J connectivity index is 0.00000242. The number of aryl methyl sites for hydroxylation is 1. The van der Waals surface area contributed by atoms with Crippen LogP contribution in [0.15, 0.2) is 23.7 Å². The van der Waals surface area contributed by atoms with Crippen LogP contribution < -0.4 is 5.32 Å². The molecule has 5 nitrogen and oxygen atoms in total. The Kier molecular flexibility index (Phi) is 8.82. The predicted octanol–water partition coefficient (Wildman–Crippen LogP) is 2.83. The summed E-state index contributed by atoms with van der Waals surface area (Å²) in [6, 6.07) is 0. The third-order valence-electron chi connectivity index (χ3n) is 4.04. The lowest BCUT2D eigenvalue weighted by atomic mass is 9.97. The summed E-state index contributed by atoms with van der Waals surface area (Å²) in [7, 11) is 1.88. The number of likely N-dealkylation sites (tertiary alicyclic amines) is 1. The first kappa shape index (κ1) is 19.3. The molecular formula is C16H30IN5. The van der Waals surface area contributed by atoms with E-state index < -0.39 is 0 Å². The lowest BCUT2D eigenvalue weighted by molar-refractivity contribution is 0.403. The number of aromatic nitrogens is 2. The second kappa shape index (κ2) is 10.1. The number of aliphatic imine (C=N–C) groups is 1. The Morgan fingerprint density at radius 2 is 2.27 bits per heavy atom. The van der Waals surface area contributed by atoms with E-state index in [9.17, 15) is 0 Å². The normalized spacial score (nSPS) is 18.6. The van der Waals surface area contributed by atoms with Crippen LogP contribution in [0, 0.1) is 11.8 Å². The van der Waals surface area contributed by atoms with Crippen LogP contribution in [-0.2, 0) is 6.54 Å². The second-order valence-corrected chi connectivity index (χ2v) is 6.36. The molecule has 1 aliphatic heterocycles. The van der Waals surface area contributed by atoms with Crippen LogP contribution in [0.5, 0.6) is 0 Å². The molecule has 22 heavy (non-hydrogen) atoms. The first-order chi connectivity index (χ1) is 10.2. The Bertz CT molecular complexity index is 430. The first-order valence-corrected chi connectivity index (χ1v) is 8.10. The molecule has 0 spiro atoms. The summed E-state index contributed by atoms with van der Waals surface area (Å²) in [5.41, 5.74) is 0. The summed E-state index contributed by atoms with van der Waals surface area (Å²) in [6.07, 6.45) is 9.41. The SMILES string of the molecule is CN=C(NCCCn1ccnc1)N1CCC(CC(C)C)C1.I. The number of imidazole rings is 1. The van der Waals surface area contributed by atoms with Crippen molar-refractivity contribution in [3.8, 4) is 0 Å². The monoisotopic (exact) mass is 419 g/mol. The van der Waals surface area contributed by atoms with E-state index in [-0.39, 0.29) is 24.0 Å². The Hall–Kier alpha value is -0.790. The summed E-state index contributed by atoms with van der Waals surface area (Å²) < 4.78 is 2.11. The van der Waals surface area contributed by atoms with Crippen LogP contribution in [-0.4, -0.2) is 47.1 Å². The predicted molar refractivity (Wildman–Crippen MR) is 103 cm³/mol. The highest BCUT2D eigenvalue weighted by Gasteiger charge is 2.25. The average Bonchev–Trinajstić information content (AvgIpc) is 3.10. The fourth-order valence-corrected chi connectivity index (χ4v) is 3.10. The van der Waals surface area contributed by atoms with E-state index in [1.165, 1.54) is 12.8 Å². The molecule has 0 saturated carbocycles. The summed E-state index contributed by atoms with van der Waals surface area (Å²) in [5, 5.41) is 3.49. The van der Waals surface area contributed by atoms with Crippen molar-refractivity contribution >= 4 is 29.9 Å². The largest absolute Gasteiger partial charge is 0.356 e.